The molecule has 35 heteroatoms. The van der Waals surface area contributed by atoms with Gasteiger partial charge in [-0.05, 0) is 0 Å². The third-order valence-corrected chi connectivity index (χ3v) is 14.9. The first-order valence-electron chi connectivity index (χ1n) is 25.0. The van der Waals surface area contributed by atoms with E-state index >= 15 is 0 Å². The van der Waals surface area contributed by atoms with E-state index in [1.54, 1.807) is 0 Å². The molecule has 35 nitrogen and oxygen atoms in total. The molecular weight excluding hydrogens is 1080 g/mol. The zero-order valence-corrected chi connectivity index (χ0v) is 41.2. The van der Waals surface area contributed by atoms with E-state index in [1.807, 2.05) is 0 Å². The van der Waals surface area contributed by atoms with Crippen LogP contribution in [-0.4, -0.2) is 370 Å². The molecule has 35 atom stereocenters. The van der Waals surface area contributed by atoms with Crippen LogP contribution >= 0.6 is 0 Å². The first-order chi connectivity index (χ1) is 37.2. The molecule has 0 amide bonds. The molecule has 14 bridgehead atoms. The molecule has 21 aliphatic rings. The summed E-state index contributed by atoms with van der Waals surface area (Å²) in [6.45, 7) is -6.67. The maximum Gasteiger partial charge on any atom is 0.187 e. The van der Waals surface area contributed by atoms with Gasteiger partial charge in [0.2, 0.25) is 0 Å². The van der Waals surface area contributed by atoms with Crippen LogP contribution in [0.3, 0.4) is 0 Å². The third-order valence-electron chi connectivity index (χ3n) is 14.9. The van der Waals surface area contributed by atoms with Crippen LogP contribution < -0.4 is 0 Å². The van der Waals surface area contributed by atoms with Gasteiger partial charge in [0.1, 0.15) is 171 Å². The Morgan fingerprint density at radius 2 is 0.359 bits per heavy atom. The number of aliphatic hydroxyl groups excluding tert-OH is 20. The predicted octanol–water partition coefficient (Wildman–Crippen LogP) is -14.6. The lowest BCUT2D eigenvalue weighted by Crippen LogP contribution is -2.68. The summed E-state index contributed by atoms with van der Waals surface area (Å²) in [6.07, 6.45) is -69.2. The Kier molecular flexibility index (Phi) is 21.4. The predicted molar refractivity (Wildman–Crippen MR) is 233 cm³/mol. The van der Waals surface area contributed by atoms with E-state index in [-0.39, 0.29) is 0 Å². The van der Waals surface area contributed by atoms with Gasteiger partial charge in [-0.25, -0.2) is 0 Å². The number of methoxy groups -OCH3 is 1. The molecule has 21 heterocycles. The van der Waals surface area contributed by atoms with Gasteiger partial charge < -0.3 is 173 Å². The summed E-state index contributed by atoms with van der Waals surface area (Å²) in [4.78, 5) is 0. The van der Waals surface area contributed by atoms with Gasteiger partial charge in [-0.3, -0.25) is 0 Å². The Balaban J connectivity index is 1.08. The van der Waals surface area contributed by atoms with Crippen LogP contribution in [0.25, 0.3) is 0 Å². The van der Waals surface area contributed by atoms with Gasteiger partial charge in [0.15, 0.2) is 44.0 Å². The minimum absolute atomic E-state index is 0.477. The van der Waals surface area contributed by atoms with Gasteiger partial charge in [-0.2, -0.15) is 0 Å². The molecule has 21 saturated heterocycles. The molecule has 21 aliphatic heterocycles. The number of aliphatic hydroxyl groups is 20. The summed E-state index contributed by atoms with van der Waals surface area (Å²) in [5.74, 6) is 0. The van der Waals surface area contributed by atoms with Crippen LogP contribution in [0.2, 0.25) is 0 Å². The SMILES string of the molecule is COCC1O[C@H]2O[C@@H]3C(CO)O[C@H](O[C@@H]4C(CO)O[C@H](O[C@@H]5C(CO)O[C@H](O[C@@H]6C(CO)O[C@@H](O[C@@H]7C(CO)O[C@@H](O[C@@H]8C(CO)O[C@H](O[C@H]1[C@H](O)C2O)C(O)[C@H]8O)C(O)[C@H]7O)C(O)[C@H]6O)C(O)[C@H]5O)C(O)[C@H]4O)C(O)[C@H]3O. The zero-order chi connectivity index (χ0) is 56.8. The second-order valence-electron chi connectivity index (χ2n) is 19.9. The smallest absolute Gasteiger partial charge is 0.187 e. The van der Waals surface area contributed by atoms with E-state index < -0.39 is 261 Å². The van der Waals surface area contributed by atoms with Crippen molar-refractivity contribution in [2.45, 2.75) is 215 Å². The van der Waals surface area contributed by atoms with Gasteiger partial charge in [0.25, 0.3) is 0 Å². The molecule has 20 N–H and O–H groups in total. The zero-order valence-electron chi connectivity index (χ0n) is 41.2. The Bertz CT molecular complexity index is 1830. The van der Waals surface area contributed by atoms with Crippen LogP contribution in [0.5, 0.6) is 0 Å². The Labute approximate surface area is 441 Å². The monoisotopic (exact) mass is 1150 g/mol. The molecule has 0 radical (unpaired) electrons. The van der Waals surface area contributed by atoms with Crippen molar-refractivity contribution in [2.75, 3.05) is 53.4 Å². The molecule has 0 saturated carbocycles. The molecule has 78 heavy (non-hydrogen) atoms. The average Bonchev–Trinajstić information content (AvgIpc) is 3.44. The van der Waals surface area contributed by atoms with Crippen molar-refractivity contribution in [3.05, 3.63) is 0 Å². The van der Waals surface area contributed by atoms with E-state index in [0.717, 1.165) is 0 Å². The fraction of sp³-hybridized carbons (Fsp3) is 1.00. The lowest BCUT2D eigenvalue weighted by molar-refractivity contribution is -0.396. The fourth-order valence-corrected chi connectivity index (χ4v) is 10.6. The first kappa shape index (κ1) is 62.6. The summed E-state index contributed by atoms with van der Waals surface area (Å²) in [5, 5.41) is 221. The van der Waals surface area contributed by atoms with Crippen molar-refractivity contribution < 1.29 is 173 Å². The van der Waals surface area contributed by atoms with Crippen LogP contribution in [0, 0.1) is 0 Å². The van der Waals surface area contributed by atoms with Crippen LogP contribution in [0.4, 0.5) is 0 Å². The molecule has 21 rings (SSSR count). The summed E-state index contributed by atoms with van der Waals surface area (Å²) in [7, 11) is 1.19. The number of rotatable bonds is 8. The number of hydrogen-bond acceptors (Lipinski definition) is 35. The summed E-state index contributed by atoms with van der Waals surface area (Å²) >= 11 is 0. The highest BCUT2D eigenvalue weighted by molar-refractivity contribution is 5.01. The van der Waals surface area contributed by atoms with Crippen LogP contribution in [0.15, 0.2) is 0 Å². The number of ether oxygens (including phenoxy) is 15. The molecule has 0 aromatic rings. The largest absolute Gasteiger partial charge is 0.394 e. The molecule has 0 aromatic carbocycles. The summed E-state index contributed by atoms with van der Waals surface area (Å²) in [5.41, 5.74) is 0. The normalized spacial score (nSPS) is 54.8. The minimum Gasteiger partial charge on any atom is -0.394 e. The van der Waals surface area contributed by atoms with Crippen molar-refractivity contribution in [2.24, 2.45) is 0 Å². The molecule has 0 aliphatic carbocycles. The van der Waals surface area contributed by atoms with E-state index in [2.05, 4.69) is 0 Å². The van der Waals surface area contributed by atoms with Gasteiger partial charge in [-0.15, -0.1) is 0 Å². The quantitative estimate of drug-likeness (QED) is 0.107. The molecule has 454 valence electrons. The van der Waals surface area contributed by atoms with Crippen molar-refractivity contribution in [3.8, 4) is 0 Å². The lowest BCUT2D eigenvalue weighted by Gasteiger charge is -2.50. The summed E-state index contributed by atoms with van der Waals surface area (Å²) in [6, 6.07) is 0. The van der Waals surface area contributed by atoms with E-state index in [0.29, 0.717) is 0 Å². The Morgan fingerprint density at radius 1 is 0.218 bits per heavy atom. The van der Waals surface area contributed by atoms with Crippen molar-refractivity contribution in [1.29, 1.82) is 0 Å². The van der Waals surface area contributed by atoms with Crippen molar-refractivity contribution in [3.63, 3.8) is 0 Å². The second-order valence-corrected chi connectivity index (χ2v) is 19.9. The molecule has 0 aromatic heterocycles. The number of hydrogen-bond donors (Lipinski definition) is 20. The van der Waals surface area contributed by atoms with Crippen molar-refractivity contribution in [1.82, 2.24) is 0 Å². The van der Waals surface area contributed by atoms with Crippen LogP contribution in [-0.2, 0) is 71.1 Å². The summed E-state index contributed by atoms with van der Waals surface area (Å²) < 4.78 is 85.4. The first-order valence-corrected chi connectivity index (χ1v) is 25.0. The topological polar surface area (TPSA) is 543 Å². The molecular formula is C43H72O35. The Hall–Kier alpha value is -1.40. The van der Waals surface area contributed by atoms with Gasteiger partial charge in [0, 0.05) is 7.11 Å². The van der Waals surface area contributed by atoms with Gasteiger partial charge in [0.05, 0.1) is 46.2 Å². The third kappa shape index (κ3) is 12.3. The molecule has 21 fully saturated rings. The van der Waals surface area contributed by atoms with Crippen LogP contribution in [0.1, 0.15) is 0 Å². The maximum absolute atomic E-state index is 11.5. The van der Waals surface area contributed by atoms with Gasteiger partial charge >= 0.3 is 0 Å². The molecule has 0 spiro atoms. The fourth-order valence-electron chi connectivity index (χ4n) is 10.6. The minimum atomic E-state index is -2.20. The highest BCUT2D eigenvalue weighted by Crippen LogP contribution is 2.39. The average molecular weight is 1150 g/mol. The van der Waals surface area contributed by atoms with E-state index in [1.165, 1.54) is 7.11 Å². The van der Waals surface area contributed by atoms with Crippen molar-refractivity contribution >= 4 is 0 Å². The second kappa shape index (κ2) is 26.7. The maximum atomic E-state index is 11.5. The van der Waals surface area contributed by atoms with E-state index in [4.69, 9.17) is 71.1 Å². The van der Waals surface area contributed by atoms with Gasteiger partial charge in [-0.1, -0.05) is 0 Å². The lowest BCUT2D eigenvalue weighted by atomic mass is 9.95. The molecule has 14 unspecified atom stereocenters. The Morgan fingerprint density at radius 3 is 0.500 bits per heavy atom. The standard InChI is InChI=1S/C43H72O35/c1-64-8-15-36-22(56)29(63)43(71-15)77-35-14(7-49)69-41(27(61)20(35)54)75-33-12(5-47)67-39(25(59)18(33)52)73-31-10(3-45)65-37(23(57)16(31)50)72-30-9(2-44)66-38(24(58)17(30)51)74-32-11(4-46)68-40(26(60)19(32)53)76-34-13(6-48)70-42(78-36)28(62)21(34)55/h9-63H,2-8H2,1H3/t9?,10?,11?,12?,13?,14?,15?,16-,17-,18-,19-,20-,21-,22-,23?,24?,25?,26?,27?,28?,29?,30-,31-,32-,33-,34-,35-,36-,37-,38+,39-,40+,41-,42-,43+/m1/s1. The highest BCUT2D eigenvalue weighted by Gasteiger charge is 2.59. The highest BCUT2D eigenvalue weighted by atomic mass is 16.8. The van der Waals surface area contributed by atoms with E-state index in [9.17, 15) is 102 Å².